The molecule has 2 heterocycles. The molecule has 0 saturated carbocycles. The zero-order valence-corrected chi connectivity index (χ0v) is 12.0. The Kier molecular flexibility index (Phi) is 4.01. The molecule has 1 aliphatic rings. The van der Waals surface area contributed by atoms with Crippen molar-refractivity contribution in [3.63, 3.8) is 0 Å². The van der Waals surface area contributed by atoms with Crippen LogP contribution < -0.4 is 5.73 Å². The lowest BCUT2D eigenvalue weighted by atomic mass is 10.0. The first-order chi connectivity index (χ1) is 10.3. The molecule has 2 aromatic rings. The predicted octanol–water partition coefficient (Wildman–Crippen LogP) is 1.83. The second kappa shape index (κ2) is 6.10. The van der Waals surface area contributed by atoms with Crippen LogP contribution in [0.4, 0.5) is 0 Å². The molecule has 3 rings (SSSR count). The third-order valence-corrected chi connectivity index (χ3v) is 4.06. The molecule has 1 saturated heterocycles. The second-order valence-electron chi connectivity index (χ2n) is 5.40. The lowest BCUT2D eigenvalue weighted by Crippen LogP contribution is -2.47. The van der Waals surface area contributed by atoms with Crippen molar-refractivity contribution in [1.82, 2.24) is 14.5 Å². The first kappa shape index (κ1) is 13.8. The molecule has 1 unspecified atom stereocenters. The van der Waals surface area contributed by atoms with Gasteiger partial charge in [-0.2, -0.15) is 0 Å². The number of imidazole rings is 1. The monoisotopic (exact) mass is 284 g/mol. The fraction of sp³-hybridized carbons (Fsp3) is 0.375. The van der Waals surface area contributed by atoms with Crippen molar-refractivity contribution in [2.45, 2.75) is 25.3 Å². The molecule has 21 heavy (non-hydrogen) atoms. The fourth-order valence-corrected chi connectivity index (χ4v) is 2.89. The molecule has 0 radical (unpaired) electrons. The van der Waals surface area contributed by atoms with Crippen LogP contribution in [0.5, 0.6) is 0 Å². The van der Waals surface area contributed by atoms with Gasteiger partial charge in [-0.05, 0) is 37.5 Å². The fourth-order valence-electron chi connectivity index (χ4n) is 2.89. The number of rotatable bonds is 3. The molecule has 1 amide bonds. The van der Waals surface area contributed by atoms with Gasteiger partial charge in [-0.25, -0.2) is 4.98 Å². The normalized spacial score (nSPS) is 18.7. The molecule has 0 aliphatic carbocycles. The Hall–Kier alpha value is -2.14. The van der Waals surface area contributed by atoms with E-state index in [1.165, 1.54) is 0 Å². The zero-order valence-electron chi connectivity index (χ0n) is 12.0. The highest BCUT2D eigenvalue weighted by molar-refractivity contribution is 5.95. The summed E-state index contributed by atoms with van der Waals surface area (Å²) >= 11 is 0. The highest BCUT2D eigenvalue weighted by Crippen LogP contribution is 2.20. The highest BCUT2D eigenvalue weighted by Gasteiger charge is 2.26. The van der Waals surface area contributed by atoms with Gasteiger partial charge in [0.2, 0.25) is 0 Å². The number of nitrogens with zero attached hydrogens (tertiary/aromatic N) is 3. The number of nitrogens with two attached hydrogens (primary N) is 1. The van der Waals surface area contributed by atoms with E-state index in [-0.39, 0.29) is 11.9 Å². The molecule has 110 valence electrons. The number of aromatic nitrogens is 2. The van der Waals surface area contributed by atoms with Crippen LogP contribution in [0.15, 0.2) is 43.0 Å². The number of carbonyl (C=O) groups excluding carboxylic acids is 1. The Morgan fingerprint density at radius 2 is 2.29 bits per heavy atom. The Balaban J connectivity index is 1.86. The largest absolute Gasteiger partial charge is 0.334 e. The Bertz CT molecular complexity index is 608. The van der Waals surface area contributed by atoms with Crippen LogP contribution in [0.2, 0.25) is 0 Å². The van der Waals surface area contributed by atoms with E-state index >= 15 is 0 Å². The molecule has 1 aromatic carbocycles. The maximum absolute atomic E-state index is 12.7. The minimum atomic E-state index is 0.0760. The predicted molar refractivity (Wildman–Crippen MR) is 81.3 cm³/mol. The summed E-state index contributed by atoms with van der Waals surface area (Å²) in [5.74, 6) is 0.0760. The standard InChI is InChI=1S/C16H20N4O/c17-11-15-5-1-2-8-20(15)16(21)13-4-3-6-14(10-13)19-9-7-18-12-19/h3-4,6-7,9-10,12,15H,1-2,5,8,11,17H2. The number of piperidine rings is 1. The third kappa shape index (κ3) is 2.83. The third-order valence-electron chi connectivity index (χ3n) is 4.06. The van der Waals surface area contributed by atoms with Crippen molar-refractivity contribution in [3.05, 3.63) is 48.5 Å². The second-order valence-corrected chi connectivity index (χ2v) is 5.40. The van der Waals surface area contributed by atoms with Crippen LogP contribution in [0, 0.1) is 0 Å². The molecule has 0 bridgehead atoms. The lowest BCUT2D eigenvalue weighted by molar-refractivity contribution is 0.0623. The quantitative estimate of drug-likeness (QED) is 0.935. The summed E-state index contributed by atoms with van der Waals surface area (Å²) < 4.78 is 1.90. The van der Waals surface area contributed by atoms with E-state index in [9.17, 15) is 4.79 Å². The van der Waals surface area contributed by atoms with Crippen LogP contribution in [0.3, 0.4) is 0 Å². The molecule has 1 aliphatic heterocycles. The van der Waals surface area contributed by atoms with Gasteiger partial charge in [0.05, 0.1) is 6.33 Å². The van der Waals surface area contributed by atoms with Gasteiger partial charge in [-0.1, -0.05) is 6.07 Å². The lowest BCUT2D eigenvalue weighted by Gasteiger charge is -2.35. The molecule has 1 atom stereocenters. The van der Waals surface area contributed by atoms with E-state index in [0.29, 0.717) is 12.1 Å². The smallest absolute Gasteiger partial charge is 0.254 e. The van der Waals surface area contributed by atoms with Crippen LogP contribution in [0.25, 0.3) is 5.69 Å². The van der Waals surface area contributed by atoms with Gasteiger partial charge in [-0.3, -0.25) is 4.79 Å². The summed E-state index contributed by atoms with van der Waals surface area (Å²) in [7, 11) is 0. The summed E-state index contributed by atoms with van der Waals surface area (Å²) in [6, 6.07) is 7.82. The molecular weight excluding hydrogens is 264 g/mol. The van der Waals surface area contributed by atoms with Gasteiger partial charge < -0.3 is 15.2 Å². The minimum Gasteiger partial charge on any atom is -0.334 e. The van der Waals surface area contributed by atoms with Gasteiger partial charge >= 0.3 is 0 Å². The molecule has 1 fully saturated rings. The van der Waals surface area contributed by atoms with Gasteiger partial charge in [-0.15, -0.1) is 0 Å². The Labute approximate surface area is 124 Å². The molecule has 1 aromatic heterocycles. The maximum Gasteiger partial charge on any atom is 0.254 e. The number of likely N-dealkylation sites (tertiary alicyclic amines) is 1. The Morgan fingerprint density at radius 1 is 1.38 bits per heavy atom. The van der Waals surface area contributed by atoms with Gasteiger partial charge in [0.15, 0.2) is 0 Å². The van der Waals surface area contributed by atoms with Gasteiger partial charge in [0, 0.05) is 42.8 Å². The average Bonchev–Trinajstić information content (AvgIpc) is 3.09. The van der Waals surface area contributed by atoms with E-state index in [4.69, 9.17) is 5.73 Å². The average molecular weight is 284 g/mol. The van der Waals surface area contributed by atoms with E-state index in [0.717, 1.165) is 31.5 Å². The Morgan fingerprint density at radius 3 is 3.05 bits per heavy atom. The van der Waals surface area contributed by atoms with Gasteiger partial charge in [0.25, 0.3) is 5.91 Å². The zero-order chi connectivity index (χ0) is 14.7. The van der Waals surface area contributed by atoms with Crippen molar-refractivity contribution < 1.29 is 4.79 Å². The highest BCUT2D eigenvalue weighted by atomic mass is 16.2. The number of benzene rings is 1. The number of amides is 1. The first-order valence-corrected chi connectivity index (χ1v) is 7.39. The molecule has 5 heteroatoms. The van der Waals surface area contributed by atoms with Crippen LogP contribution in [-0.4, -0.2) is 39.5 Å². The minimum absolute atomic E-state index is 0.0760. The van der Waals surface area contributed by atoms with E-state index in [1.54, 1.807) is 12.5 Å². The molecule has 2 N–H and O–H groups in total. The van der Waals surface area contributed by atoms with Crippen LogP contribution >= 0.6 is 0 Å². The summed E-state index contributed by atoms with van der Waals surface area (Å²) in [6.45, 7) is 1.34. The molecule has 0 spiro atoms. The van der Waals surface area contributed by atoms with Crippen molar-refractivity contribution in [3.8, 4) is 5.69 Å². The SMILES string of the molecule is NCC1CCCCN1C(=O)c1cccc(-n2ccnc2)c1. The molecular formula is C16H20N4O. The van der Waals surface area contributed by atoms with Crippen molar-refractivity contribution in [2.75, 3.05) is 13.1 Å². The van der Waals surface area contributed by atoms with Crippen molar-refractivity contribution in [1.29, 1.82) is 0 Å². The maximum atomic E-state index is 12.7. The van der Waals surface area contributed by atoms with Gasteiger partial charge in [0.1, 0.15) is 0 Å². The number of hydrogen-bond acceptors (Lipinski definition) is 3. The van der Waals surface area contributed by atoms with Crippen LogP contribution in [-0.2, 0) is 0 Å². The summed E-state index contributed by atoms with van der Waals surface area (Å²) in [4.78, 5) is 18.7. The van der Waals surface area contributed by atoms with E-state index < -0.39 is 0 Å². The van der Waals surface area contributed by atoms with E-state index in [2.05, 4.69) is 4.98 Å². The summed E-state index contributed by atoms with van der Waals surface area (Å²) in [5, 5.41) is 0. The van der Waals surface area contributed by atoms with Crippen molar-refractivity contribution in [2.24, 2.45) is 5.73 Å². The summed E-state index contributed by atoms with van der Waals surface area (Å²) in [5.41, 5.74) is 7.46. The summed E-state index contributed by atoms with van der Waals surface area (Å²) in [6.07, 6.45) is 8.54. The number of carbonyl (C=O) groups is 1. The molecule has 5 nitrogen and oxygen atoms in total. The van der Waals surface area contributed by atoms with Crippen molar-refractivity contribution >= 4 is 5.91 Å². The van der Waals surface area contributed by atoms with Crippen LogP contribution in [0.1, 0.15) is 29.6 Å². The first-order valence-electron chi connectivity index (χ1n) is 7.39. The van der Waals surface area contributed by atoms with E-state index in [1.807, 2.05) is 39.9 Å². The topological polar surface area (TPSA) is 64.2 Å². The number of hydrogen-bond donors (Lipinski definition) is 1.